The lowest BCUT2D eigenvalue weighted by Crippen LogP contribution is -2.44. The minimum absolute atomic E-state index is 0.0464. The van der Waals surface area contributed by atoms with E-state index in [0.717, 1.165) is 23.6 Å². The van der Waals surface area contributed by atoms with Gasteiger partial charge in [-0.05, 0) is 56.5 Å². The second kappa shape index (κ2) is 9.70. The van der Waals surface area contributed by atoms with Gasteiger partial charge in [-0.3, -0.25) is 9.10 Å². The van der Waals surface area contributed by atoms with Crippen LogP contribution >= 0.6 is 11.6 Å². The van der Waals surface area contributed by atoms with E-state index < -0.39 is 22.6 Å². The number of likely N-dealkylation sites (tertiary alicyclic amines) is 1. The number of rotatable bonds is 6. The molecule has 2 aromatic rings. The summed E-state index contributed by atoms with van der Waals surface area (Å²) in [4.78, 5) is 26.6. The van der Waals surface area contributed by atoms with Crippen LogP contribution in [0.4, 0.5) is 5.69 Å². The topological polar surface area (TPSA) is 84.0 Å². The number of para-hydroxylation sites is 1. The molecule has 1 fully saturated rings. The predicted octanol–water partition coefficient (Wildman–Crippen LogP) is 3.72. The largest absolute Gasteiger partial charge is 0.452 e. The van der Waals surface area contributed by atoms with Gasteiger partial charge in [0.1, 0.15) is 0 Å². The predicted molar refractivity (Wildman–Crippen MR) is 119 cm³/mol. The second-order valence-corrected chi connectivity index (χ2v) is 9.83. The molecule has 1 aliphatic rings. The number of anilines is 1. The first-order valence-corrected chi connectivity index (χ1v) is 11.8. The molecule has 1 amide bonds. The molecule has 9 heteroatoms. The van der Waals surface area contributed by atoms with Crippen molar-refractivity contribution in [1.29, 1.82) is 0 Å². The van der Waals surface area contributed by atoms with Crippen molar-refractivity contribution in [2.24, 2.45) is 0 Å². The maximum Gasteiger partial charge on any atom is 0.340 e. The molecular weight excluding hydrogens is 440 g/mol. The molecule has 7 nitrogen and oxygen atoms in total. The first-order chi connectivity index (χ1) is 14.7. The van der Waals surface area contributed by atoms with Gasteiger partial charge in [-0.25, -0.2) is 13.2 Å². The highest BCUT2D eigenvalue weighted by Gasteiger charge is 2.26. The second-order valence-electron chi connectivity index (χ2n) is 7.46. The lowest BCUT2D eigenvalue weighted by atomic mass is 10.0. The van der Waals surface area contributed by atoms with Crippen molar-refractivity contribution in [3.05, 3.63) is 59.1 Å². The highest BCUT2D eigenvalue weighted by atomic mass is 35.5. The Morgan fingerprint density at radius 1 is 1.16 bits per heavy atom. The van der Waals surface area contributed by atoms with Crippen LogP contribution in [0.1, 0.15) is 36.5 Å². The Morgan fingerprint density at radius 3 is 2.55 bits per heavy atom. The third-order valence-corrected chi connectivity index (χ3v) is 7.50. The first kappa shape index (κ1) is 23.1. The van der Waals surface area contributed by atoms with Gasteiger partial charge in [0, 0.05) is 19.6 Å². The lowest BCUT2D eigenvalue weighted by molar-refractivity contribution is -0.137. The zero-order valence-corrected chi connectivity index (χ0v) is 19.0. The Kier molecular flexibility index (Phi) is 7.23. The van der Waals surface area contributed by atoms with Gasteiger partial charge in [0.05, 0.1) is 21.2 Å². The summed E-state index contributed by atoms with van der Waals surface area (Å²) in [5.41, 5.74) is 0.367. The molecule has 1 saturated heterocycles. The van der Waals surface area contributed by atoms with Crippen molar-refractivity contribution in [2.45, 2.75) is 37.1 Å². The molecule has 0 radical (unpaired) electrons. The molecule has 1 atom stereocenters. The Hall–Kier alpha value is -2.58. The van der Waals surface area contributed by atoms with Crippen LogP contribution in [0.15, 0.2) is 53.4 Å². The maximum absolute atomic E-state index is 13.0. The van der Waals surface area contributed by atoms with E-state index in [9.17, 15) is 18.0 Å². The van der Waals surface area contributed by atoms with Crippen molar-refractivity contribution in [3.63, 3.8) is 0 Å². The molecule has 1 aliphatic heterocycles. The quantitative estimate of drug-likeness (QED) is 0.608. The van der Waals surface area contributed by atoms with Crippen LogP contribution in [0.25, 0.3) is 0 Å². The van der Waals surface area contributed by atoms with Crippen LogP contribution in [0.3, 0.4) is 0 Å². The molecular formula is C22H25ClN2O5S. The molecule has 0 bridgehead atoms. The Morgan fingerprint density at radius 2 is 1.87 bits per heavy atom. The molecule has 0 aliphatic carbocycles. The fraction of sp³-hybridized carbons (Fsp3) is 0.364. The molecule has 0 N–H and O–H groups in total. The van der Waals surface area contributed by atoms with Crippen LogP contribution in [0.5, 0.6) is 0 Å². The van der Waals surface area contributed by atoms with Gasteiger partial charge >= 0.3 is 5.97 Å². The SMILES string of the molecule is CC1CCCCN1C(=O)COC(=O)c1cc(S(=O)(=O)N(C)c2ccccc2)ccc1Cl. The van der Waals surface area contributed by atoms with Gasteiger partial charge in [0.15, 0.2) is 6.61 Å². The standard InChI is InChI=1S/C22H25ClN2O5S/c1-16-8-6-7-13-25(16)21(26)15-30-22(27)19-14-18(11-12-20(19)23)31(28,29)24(2)17-9-4-3-5-10-17/h3-5,9-12,14,16H,6-8,13,15H2,1-2H3. The summed E-state index contributed by atoms with van der Waals surface area (Å²) in [6, 6.07) is 12.5. The van der Waals surface area contributed by atoms with E-state index in [2.05, 4.69) is 0 Å². The number of sulfonamides is 1. The Labute approximate surface area is 187 Å². The van der Waals surface area contributed by atoms with E-state index in [1.54, 1.807) is 35.2 Å². The van der Waals surface area contributed by atoms with Crippen LogP contribution < -0.4 is 4.31 Å². The van der Waals surface area contributed by atoms with Gasteiger partial charge in [-0.15, -0.1) is 0 Å². The number of ether oxygens (including phenoxy) is 1. The van der Waals surface area contributed by atoms with E-state index in [0.29, 0.717) is 12.2 Å². The van der Waals surface area contributed by atoms with E-state index in [-0.39, 0.29) is 27.4 Å². The summed E-state index contributed by atoms with van der Waals surface area (Å²) in [7, 11) is -2.50. The number of esters is 1. The van der Waals surface area contributed by atoms with E-state index >= 15 is 0 Å². The van der Waals surface area contributed by atoms with Gasteiger partial charge < -0.3 is 9.64 Å². The third kappa shape index (κ3) is 5.19. The smallest absolute Gasteiger partial charge is 0.340 e. The van der Waals surface area contributed by atoms with Gasteiger partial charge in [-0.2, -0.15) is 0 Å². The number of nitrogens with zero attached hydrogens (tertiary/aromatic N) is 2. The molecule has 0 saturated carbocycles. The normalized spacial score (nSPS) is 16.6. The zero-order chi connectivity index (χ0) is 22.6. The van der Waals surface area contributed by atoms with Crippen molar-refractivity contribution >= 4 is 39.2 Å². The molecule has 0 spiro atoms. The van der Waals surface area contributed by atoms with Crippen molar-refractivity contribution in [3.8, 4) is 0 Å². The summed E-state index contributed by atoms with van der Waals surface area (Å²) >= 11 is 6.12. The number of halogens is 1. The monoisotopic (exact) mass is 464 g/mol. The number of hydrogen-bond acceptors (Lipinski definition) is 5. The van der Waals surface area contributed by atoms with E-state index in [1.807, 2.05) is 6.92 Å². The summed E-state index contributed by atoms with van der Waals surface area (Å²) in [5.74, 6) is -1.12. The molecule has 31 heavy (non-hydrogen) atoms. The average Bonchev–Trinajstić information content (AvgIpc) is 2.77. The van der Waals surface area contributed by atoms with Crippen molar-refractivity contribution in [1.82, 2.24) is 4.90 Å². The summed E-state index contributed by atoms with van der Waals surface area (Å²) in [6.07, 6.45) is 2.91. The number of carbonyl (C=O) groups excluding carboxylic acids is 2. The number of amides is 1. The average molecular weight is 465 g/mol. The summed E-state index contributed by atoms with van der Waals surface area (Å²) < 4.78 is 32.3. The minimum Gasteiger partial charge on any atom is -0.452 e. The molecule has 1 heterocycles. The highest BCUT2D eigenvalue weighted by Crippen LogP contribution is 2.26. The molecule has 166 valence electrons. The Balaban J connectivity index is 1.76. The summed E-state index contributed by atoms with van der Waals surface area (Å²) in [5, 5.41) is 0.0464. The highest BCUT2D eigenvalue weighted by molar-refractivity contribution is 7.92. The van der Waals surface area contributed by atoms with Gasteiger partial charge in [-0.1, -0.05) is 29.8 Å². The van der Waals surface area contributed by atoms with Crippen molar-refractivity contribution in [2.75, 3.05) is 24.5 Å². The molecule has 2 aromatic carbocycles. The number of carbonyl (C=O) groups is 2. The van der Waals surface area contributed by atoms with Crippen LogP contribution in [0, 0.1) is 0 Å². The van der Waals surface area contributed by atoms with Crippen molar-refractivity contribution < 1.29 is 22.7 Å². The lowest BCUT2D eigenvalue weighted by Gasteiger charge is -2.33. The molecule has 3 rings (SSSR count). The minimum atomic E-state index is -3.93. The van der Waals surface area contributed by atoms with Crippen LogP contribution in [-0.2, 0) is 19.6 Å². The fourth-order valence-electron chi connectivity index (χ4n) is 3.51. The van der Waals surface area contributed by atoms with E-state index in [1.165, 1.54) is 25.2 Å². The van der Waals surface area contributed by atoms with Crippen LogP contribution in [-0.4, -0.2) is 51.4 Å². The molecule has 0 aromatic heterocycles. The summed E-state index contributed by atoms with van der Waals surface area (Å²) in [6.45, 7) is 2.19. The van der Waals surface area contributed by atoms with Gasteiger partial charge in [0.2, 0.25) is 0 Å². The molecule has 1 unspecified atom stereocenters. The number of piperidine rings is 1. The number of hydrogen-bond donors (Lipinski definition) is 0. The maximum atomic E-state index is 13.0. The van der Waals surface area contributed by atoms with Gasteiger partial charge in [0.25, 0.3) is 15.9 Å². The first-order valence-electron chi connectivity index (χ1n) is 10.0. The van der Waals surface area contributed by atoms with Crippen LogP contribution in [0.2, 0.25) is 5.02 Å². The fourth-order valence-corrected chi connectivity index (χ4v) is 4.93. The Bertz CT molecular complexity index is 1060. The third-order valence-electron chi connectivity index (χ3n) is 5.39. The number of benzene rings is 2. The zero-order valence-electron chi connectivity index (χ0n) is 17.5. The van der Waals surface area contributed by atoms with E-state index in [4.69, 9.17) is 16.3 Å².